The molecule has 0 aromatic carbocycles. The zero-order valence-corrected chi connectivity index (χ0v) is 9.19. The van der Waals surface area contributed by atoms with E-state index >= 15 is 0 Å². The molecule has 0 aromatic heterocycles. The van der Waals surface area contributed by atoms with Gasteiger partial charge >= 0.3 is 6.98 Å². The molecule has 88 valence electrons. The Bertz CT molecular complexity index is 227. The van der Waals surface area contributed by atoms with Crippen LogP contribution in [0.25, 0.3) is 0 Å². The fraction of sp³-hybridized carbons (Fsp3) is 0.800. The van der Waals surface area contributed by atoms with Crippen LogP contribution in [0.5, 0.6) is 0 Å². The van der Waals surface area contributed by atoms with Crippen LogP contribution in [0, 0.1) is 0 Å². The van der Waals surface area contributed by atoms with E-state index in [1.807, 2.05) is 11.8 Å². The number of nitrogens with zero attached hydrogens (tertiary/aromatic N) is 1. The zero-order valence-electron chi connectivity index (χ0n) is 9.19. The van der Waals surface area contributed by atoms with Crippen molar-refractivity contribution < 1.29 is 12.9 Å². The van der Waals surface area contributed by atoms with Crippen LogP contribution >= 0.6 is 0 Å². The first-order valence-corrected chi connectivity index (χ1v) is 5.56. The molecule has 1 aliphatic rings. The highest BCUT2D eigenvalue weighted by atomic mass is 19.4. The van der Waals surface area contributed by atoms with E-state index in [0.717, 1.165) is 32.2 Å². The first kappa shape index (κ1) is 12.6. The maximum Gasteiger partial charge on any atom is 0.506 e. The van der Waals surface area contributed by atoms with Crippen LogP contribution in [0.4, 0.5) is 12.9 Å². The van der Waals surface area contributed by atoms with E-state index in [-0.39, 0.29) is 6.54 Å². The topological polar surface area (TPSA) is 3.24 Å². The summed E-state index contributed by atoms with van der Waals surface area (Å²) in [5.74, 6) is 0. The van der Waals surface area contributed by atoms with Crippen LogP contribution in [0.1, 0.15) is 32.6 Å². The van der Waals surface area contributed by atoms with E-state index in [4.69, 9.17) is 0 Å². The average Bonchev–Trinajstić information content (AvgIpc) is 2.17. The van der Waals surface area contributed by atoms with Gasteiger partial charge in [-0.2, -0.15) is 0 Å². The van der Waals surface area contributed by atoms with Gasteiger partial charge in [0.25, 0.3) is 0 Å². The molecule has 1 unspecified atom stereocenters. The Morgan fingerprint density at radius 1 is 1.40 bits per heavy atom. The minimum Gasteiger partial charge on any atom is -0.445 e. The van der Waals surface area contributed by atoms with Crippen molar-refractivity contribution in [1.29, 1.82) is 0 Å². The summed E-state index contributed by atoms with van der Waals surface area (Å²) in [6.07, 6.45) is 4.10. The highest BCUT2D eigenvalue weighted by molar-refractivity contribution is 6.66. The van der Waals surface area contributed by atoms with E-state index in [2.05, 4.69) is 6.58 Å². The minimum atomic E-state index is -4.86. The lowest BCUT2D eigenvalue weighted by Gasteiger charge is -2.37. The Hall–Kier alpha value is -0.445. The van der Waals surface area contributed by atoms with Crippen LogP contribution < -0.4 is 0 Å². The second-order valence-electron chi connectivity index (χ2n) is 4.26. The smallest absolute Gasteiger partial charge is 0.445 e. The number of rotatable bonds is 4. The third-order valence-electron chi connectivity index (χ3n) is 3.09. The molecule has 0 aromatic rings. The van der Waals surface area contributed by atoms with Gasteiger partial charge in [-0.05, 0) is 32.4 Å². The molecule has 0 amide bonds. The van der Waals surface area contributed by atoms with Gasteiger partial charge in [-0.1, -0.05) is 13.3 Å². The second kappa shape index (κ2) is 5.06. The molecule has 1 aliphatic heterocycles. The molecule has 1 fully saturated rings. The van der Waals surface area contributed by atoms with Crippen LogP contribution in [0.2, 0.25) is 0 Å². The molecule has 1 atom stereocenters. The first-order valence-electron chi connectivity index (χ1n) is 5.56. The quantitative estimate of drug-likeness (QED) is 0.657. The summed E-state index contributed by atoms with van der Waals surface area (Å²) in [7, 11) is 0. The van der Waals surface area contributed by atoms with Gasteiger partial charge in [0.2, 0.25) is 0 Å². The van der Waals surface area contributed by atoms with Crippen molar-refractivity contribution >= 4 is 6.98 Å². The standard InChI is InChI=1S/C10H18BF3N/c1-3-10-6-4-5-7-15(10)8-9(2)11(12,13)14/h10H,2-8H2,1H3/q-1. The Kier molecular flexibility index (Phi) is 4.26. The SMILES string of the molecule is C=C(CN1CCCCC1CC)[B-](F)(F)F. The summed E-state index contributed by atoms with van der Waals surface area (Å²) in [5, 5.41) is 0. The highest BCUT2D eigenvalue weighted by Crippen LogP contribution is 2.24. The van der Waals surface area contributed by atoms with E-state index in [1.165, 1.54) is 0 Å². The molecule has 0 spiro atoms. The summed E-state index contributed by atoms with van der Waals surface area (Å²) in [5.41, 5.74) is -0.560. The number of halogens is 3. The lowest BCUT2D eigenvalue weighted by Crippen LogP contribution is -2.42. The average molecular weight is 220 g/mol. The van der Waals surface area contributed by atoms with E-state index in [1.54, 1.807) is 0 Å². The summed E-state index contributed by atoms with van der Waals surface area (Å²) in [6, 6.07) is 0.314. The highest BCUT2D eigenvalue weighted by Gasteiger charge is 2.30. The number of hydrogen-bond donors (Lipinski definition) is 0. The van der Waals surface area contributed by atoms with Gasteiger partial charge in [0, 0.05) is 6.04 Å². The van der Waals surface area contributed by atoms with Gasteiger partial charge < -0.3 is 12.9 Å². The lowest BCUT2D eigenvalue weighted by atomic mass is 9.79. The van der Waals surface area contributed by atoms with Crippen molar-refractivity contribution in [2.24, 2.45) is 0 Å². The van der Waals surface area contributed by atoms with E-state index < -0.39 is 12.4 Å². The molecular weight excluding hydrogens is 202 g/mol. The van der Waals surface area contributed by atoms with Gasteiger partial charge in [0.1, 0.15) is 0 Å². The molecule has 15 heavy (non-hydrogen) atoms. The zero-order chi connectivity index (χ0) is 11.5. The molecule has 1 heterocycles. The van der Waals surface area contributed by atoms with Crippen LogP contribution in [-0.2, 0) is 0 Å². The predicted octanol–water partition coefficient (Wildman–Crippen LogP) is 3.19. The van der Waals surface area contributed by atoms with Crippen molar-refractivity contribution in [3.8, 4) is 0 Å². The number of hydrogen-bond acceptors (Lipinski definition) is 1. The maximum absolute atomic E-state index is 12.4. The Morgan fingerprint density at radius 3 is 2.60 bits per heavy atom. The fourth-order valence-electron chi connectivity index (χ4n) is 2.09. The van der Waals surface area contributed by atoms with Crippen molar-refractivity contribution in [3.63, 3.8) is 0 Å². The summed E-state index contributed by atoms with van der Waals surface area (Å²) < 4.78 is 37.1. The van der Waals surface area contributed by atoms with Crippen LogP contribution in [0.3, 0.4) is 0 Å². The molecule has 1 saturated heterocycles. The van der Waals surface area contributed by atoms with Crippen molar-refractivity contribution in [3.05, 3.63) is 12.1 Å². The number of piperidine rings is 1. The van der Waals surface area contributed by atoms with Crippen LogP contribution in [-0.4, -0.2) is 31.0 Å². The summed E-state index contributed by atoms with van der Waals surface area (Å²) >= 11 is 0. The van der Waals surface area contributed by atoms with Gasteiger partial charge in [-0.3, -0.25) is 4.90 Å². The Labute approximate surface area is 89.4 Å². The summed E-state index contributed by atoms with van der Waals surface area (Å²) in [6.45, 7) is 1.10. The fourth-order valence-corrected chi connectivity index (χ4v) is 2.09. The molecule has 5 heteroatoms. The monoisotopic (exact) mass is 220 g/mol. The molecule has 0 N–H and O–H groups in total. The van der Waals surface area contributed by atoms with Gasteiger partial charge in [0.05, 0.1) is 0 Å². The largest absolute Gasteiger partial charge is 0.506 e. The van der Waals surface area contributed by atoms with Gasteiger partial charge in [-0.25, -0.2) is 0 Å². The van der Waals surface area contributed by atoms with Crippen molar-refractivity contribution in [2.45, 2.75) is 38.6 Å². The molecule has 1 nitrogen and oxygen atoms in total. The van der Waals surface area contributed by atoms with E-state index in [9.17, 15) is 12.9 Å². The van der Waals surface area contributed by atoms with Crippen LogP contribution in [0.15, 0.2) is 12.1 Å². The summed E-state index contributed by atoms with van der Waals surface area (Å²) in [4.78, 5) is 1.93. The normalized spacial score (nSPS) is 24.1. The molecule has 0 radical (unpaired) electrons. The molecule has 0 bridgehead atoms. The third-order valence-corrected chi connectivity index (χ3v) is 3.09. The molecular formula is C10H18BF3N-. The van der Waals surface area contributed by atoms with Gasteiger partial charge in [0.15, 0.2) is 0 Å². The van der Waals surface area contributed by atoms with Crippen molar-refractivity contribution in [1.82, 2.24) is 4.90 Å². The van der Waals surface area contributed by atoms with Crippen molar-refractivity contribution in [2.75, 3.05) is 13.1 Å². The molecule has 1 rings (SSSR count). The minimum absolute atomic E-state index is 0.00199. The van der Waals surface area contributed by atoms with Gasteiger partial charge in [-0.15, -0.1) is 12.1 Å². The maximum atomic E-state index is 12.4. The van der Waals surface area contributed by atoms with E-state index in [0.29, 0.717) is 6.04 Å². The number of likely N-dealkylation sites (tertiary alicyclic amines) is 1. The second-order valence-corrected chi connectivity index (χ2v) is 4.26. The molecule has 0 saturated carbocycles. The lowest BCUT2D eigenvalue weighted by molar-refractivity contribution is 0.157. The Balaban J connectivity index is 2.52. The third kappa shape index (κ3) is 3.56. The first-order chi connectivity index (χ1) is 6.95. The molecule has 0 aliphatic carbocycles. The Morgan fingerprint density at radius 2 is 2.07 bits per heavy atom. The predicted molar refractivity (Wildman–Crippen MR) is 57.7 cm³/mol.